The summed E-state index contributed by atoms with van der Waals surface area (Å²) in [7, 11) is 2.16. The van der Waals surface area contributed by atoms with Gasteiger partial charge in [0.15, 0.2) is 11.5 Å². The Labute approximate surface area is 226 Å². The maximum absolute atomic E-state index is 13.5. The van der Waals surface area contributed by atoms with Gasteiger partial charge in [0.2, 0.25) is 11.6 Å². The first-order chi connectivity index (χ1) is 18.9. The summed E-state index contributed by atoms with van der Waals surface area (Å²) in [6, 6.07) is 9.94. The van der Waals surface area contributed by atoms with E-state index in [1.807, 2.05) is 0 Å². The zero-order valence-electron chi connectivity index (χ0n) is 21.2. The van der Waals surface area contributed by atoms with Crippen molar-refractivity contribution < 1.29 is 58.7 Å². The second-order valence-electron chi connectivity index (χ2n) is 8.70. The maximum atomic E-state index is 13.5. The molecule has 3 rings (SSSR count). The number of allylic oxidation sites excluding steroid dienone is 2. The molecule has 1 aliphatic rings. The lowest BCUT2D eigenvalue weighted by Crippen LogP contribution is -2.31. The summed E-state index contributed by atoms with van der Waals surface area (Å²) in [5, 5.41) is 40.3. The van der Waals surface area contributed by atoms with Crippen LogP contribution in [0.1, 0.15) is 56.5 Å². The van der Waals surface area contributed by atoms with Crippen molar-refractivity contribution in [2.45, 2.75) is 24.7 Å². The number of carboxylic acid groups (broad SMARTS) is 2. The first-order valence-corrected chi connectivity index (χ1v) is 11.7. The fourth-order valence-corrected chi connectivity index (χ4v) is 4.35. The van der Waals surface area contributed by atoms with E-state index in [0.29, 0.717) is 0 Å². The Balaban J connectivity index is 2.14. The molecule has 0 radical (unpaired) electrons. The molecule has 40 heavy (non-hydrogen) atoms. The average molecular weight is 552 g/mol. The van der Waals surface area contributed by atoms with Gasteiger partial charge in [0, 0.05) is 11.8 Å². The summed E-state index contributed by atoms with van der Waals surface area (Å²) in [5.74, 6) is -11.4. The van der Waals surface area contributed by atoms with Gasteiger partial charge in [0.05, 0.1) is 49.3 Å². The zero-order chi connectivity index (χ0) is 29.7. The van der Waals surface area contributed by atoms with Gasteiger partial charge in [-0.2, -0.15) is 0 Å². The van der Waals surface area contributed by atoms with E-state index in [2.05, 4.69) is 9.47 Å². The molecule has 2 aromatic carbocycles. The molecule has 12 heteroatoms. The van der Waals surface area contributed by atoms with Gasteiger partial charge in [-0.3, -0.25) is 19.2 Å². The molecule has 0 fully saturated rings. The molecule has 0 saturated carbocycles. The molecule has 0 saturated heterocycles. The van der Waals surface area contributed by atoms with Gasteiger partial charge in [-0.1, -0.05) is 24.3 Å². The van der Waals surface area contributed by atoms with E-state index in [-0.39, 0.29) is 22.3 Å². The molecule has 12 nitrogen and oxygen atoms in total. The largest absolute Gasteiger partial charge is 0.504 e. The van der Waals surface area contributed by atoms with E-state index in [1.54, 1.807) is 0 Å². The number of ketones is 2. The topological polar surface area (TPSA) is 202 Å². The summed E-state index contributed by atoms with van der Waals surface area (Å²) in [5.41, 5.74) is -1.12. The minimum absolute atomic E-state index is 0.102. The Kier molecular flexibility index (Phi) is 8.84. The van der Waals surface area contributed by atoms with Crippen molar-refractivity contribution in [1.29, 1.82) is 0 Å². The number of aliphatic hydroxyl groups is 2. The van der Waals surface area contributed by atoms with Gasteiger partial charge in [0.1, 0.15) is 0 Å². The molecular formula is C28H24O12. The molecule has 1 aliphatic carbocycles. The van der Waals surface area contributed by atoms with Crippen molar-refractivity contribution in [3.63, 3.8) is 0 Å². The van der Waals surface area contributed by atoms with Crippen molar-refractivity contribution in [3.8, 4) is 0 Å². The number of carbonyl (C=O) groups excluding carboxylic acids is 4. The first kappa shape index (κ1) is 29.3. The fourth-order valence-electron chi connectivity index (χ4n) is 4.35. The van der Waals surface area contributed by atoms with Crippen molar-refractivity contribution in [1.82, 2.24) is 0 Å². The summed E-state index contributed by atoms with van der Waals surface area (Å²) >= 11 is 0. The van der Waals surface area contributed by atoms with Crippen LogP contribution in [-0.2, 0) is 28.7 Å². The molecule has 0 amide bonds. The van der Waals surface area contributed by atoms with Crippen LogP contribution in [0.2, 0.25) is 0 Å². The molecule has 0 bridgehead atoms. The predicted octanol–water partition coefficient (Wildman–Crippen LogP) is 2.85. The Hall–Kier alpha value is -5.26. The summed E-state index contributed by atoms with van der Waals surface area (Å²) < 4.78 is 9.36. The summed E-state index contributed by atoms with van der Waals surface area (Å²) in [6.07, 6.45) is -1.10. The van der Waals surface area contributed by atoms with Crippen LogP contribution in [0, 0.1) is 0 Å². The van der Waals surface area contributed by atoms with E-state index in [4.69, 9.17) is 0 Å². The third-order valence-corrected chi connectivity index (χ3v) is 6.44. The lowest BCUT2D eigenvalue weighted by molar-refractivity contribution is -0.142. The van der Waals surface area contributed by atoms with E-state index in [1.165, 1.54) is 48.5 Å². The summed E-state index contributed by atoms with van der Waals surface area (Å²) in [4.78, 5) is 73.8. The number of hydrogen-bond acceptors (Lipinski definition) is 10. The zero-order valence-corrected chi connectivity index (χ0v) is 21.2. The number of rotatable bonds is 10. The van der Waals surface area contributed by atoms with Crippen molar-refractivity contribution in [2.75, 3.05) is 14.2 Å². The van der Waals surface area contributed by atoms with Crippen molar-refractivity contribution in [2.24, 2.45) is 0 Å². The van der Waals surface area contributed by atoms with Gasteiger partial charge in [-0.15, -0.1) is 0 Å². The van der Waals surface area contributed by atoms with Crippen LogP contribution < -0.4 is 0 Å². The van der Waals surface area contributed by atoms with E-state index in [9.17, 15) is 49.2 Å². The van der Waals surface area contributed by atoms with Crippen LogP contribution in [-0.4, -0.2) is 70.1 Å². The second kappa shape index (κ2) is 12.1. The first-order valence-electron chi connectivity index (χ1n) is 11.7. The van der Waals surface area contributed by atoms with Crippen molar-refractivity contribution in [3.05, 3.63) is 93.4 Å². The predicted molar refractivity (Wildman–Crippen MR) is 135 cm³/mol. The van der Waals surface area contributed by atoms with Gasteiger partial charge in [-0.05, 0) is 35.4 Å². The standard InChI is InChI=1S/C28H24O12/c1-39-19(29)11-17(13-3-7-15(8-4-13)27(35)36)21-23(31)25(33)22(26(34)24(21)32)18(12-20(30)40-2)14-5-9-16(10-6-14)28(37)38/h3-10,17-18,31,34H,11-12H2,1-2H3,(H,35,36)(H,37,38)/t17-,18+. The third-order valence-electron chi connectivity index (χ3n) is 6.44. The number of aliphatic hydroxyl groups excluding tert-OH is 2. The van der Waals surface area contributed by atoms with E-state index >= 15 is 0 Å². The number of Topliss-reactive ketones (excluding diaryl/α,β-unsaturated/α-hetero) is 2. The third kappa shape index (κ3) is 5.90. The molecular weight excluding hydrogens is 528 g/mol. The number of aromatic carboxylic acids is 2. The molecule has 0 unspecified atom stereocenters. The minimum atomic E-state index is -1.32. The average Bonchev–Trinajstić information content (AvgIpc) is 2.95. The van der Waals surface area contributed by atoms with E-state index in [0.717, 1.165) is 14.2 Å². The molecule has 4 N–H and O–H groups in total. The number of carbonyl (C=O) groups is 6. The Morgan fingerprint density at radius 3 is 1.18 bits per heavy atom. The summed E-state index contributed by atoms with van der Waals surface area (Å²) in [6.45, 7) is 0. The Morgan fingerprint density at radius 1 is 0.625 bits per heavy atom. The molecule has 2 atom stereocenters. The number of carboxylic acids is 2. The highest BCUT2D eigenvalue weighted by molar-refractivity contribution is 6.24. The smallest absolute Gasteiger partial charge is 0.335 e. The normalized spacial score (nSPS) is 14.9. The van der Waals surface area contributed by atoms with Crippen molar-refractivity contribution >= 4 is 35.4 Å². The second-order valence-corrected chi connectivity index (χ2v) is 8.70. The molecule has 0 aliphatic heterocycles. The van der Waals surface area contributed by atoms with Gasteiger partial charge >= 0.3 is 23.9 Å². The fraction of sp³-hybridized carbons (Fsp3) is 0.214. The number of hydrogen-bond donors (Lipinski definition) is 4. The van der Waals surface area contributed by atoms with Gasteiger partial charge in [-0.25, -0.2) is 9.59 Å². The monoisotopic (exact) mass is 552 g/mol. The number of benzene rings is 2. The highest BCUT2D eigenvalue weighted by atomic mass is 16.5. The molecule has 0 spiro atoms. The highest BCUT2D eigenvalue weighted by Crippen LogP contribution is 2.41. The van der Waals surface area contributed by atoms with Crippen LogP contribution in [0.25, 0.3) is 0 Å². The van der Waals surface area contributed by atoms with Crippen LogP contribution in [0.4, 0.5) is 0 Å². The number of esters is 2. The number of ether oxygens (including phenoxy) is 2. The van der Waals surface area contributed by atoms with Crippen LogP contribution >= 0.6 is 0 Å². The Bertz CT molecular complexity index is 1330. The SMILES string of the molecule is COC(=O)C[C@H](C1=C(O)C(=O)C([C@H](CC(=O)OC)c2ccc(C(=O)O)cc2)=C(O)C1=O)c1ccc(C(=O)O)cc1. The maximum Gasteiger partial charge on any atom is 0.335 e. The lowest BCUT2D eigenvalue weighted by atomic mass is 9.75. The lowest BCUT2D eigenvalue weighted by Gasteiger charge is -2.27. The quantitative estimate of drug-likeness (QED) is 0.248. The minimum Gasteiger partial charge on any atom is -0.504 e. The van der Waals surface area contributed by atoms with Crippen LogP contribution in [0.5, 0.6) is 0 Å². The molecule has 208 valence electrons. The van der Waals surface area contributed by atoms with Crippen LogP contribution in [0.15, 0.2) is 71.2 Å². The number of methoxy groups -OCH3 is 2. The highest BCUT2D eigenvalue weighted by Gasteiger charge is 2.43. The van der Waals surface area contributed by atoms with E-state index < -0.39 is 82.8 Å². The molecule has 0 heterocycles. The molecule has 0 aromatic heterocycles. The van der Waals surface area contributed by atoms with Crippen LogP contribution in [0.3, 0.4) is 0 Å². The van der Waals surface area contributed by atoms with Gasteiger partial charge in [0.25, 0.3) is 0 Å². The Morgan fingerprint density at radius 2 is 0.925 bits per heavy atom. The van der Waals surface area contributed by atoms with Gasteiger partial charge < -0.3 is 29.9 Å². The molecule has 2 aromatic rings.